The van der Waals surface area contributed by atoms with Gasteiger partial charge in [0.1, 0.15) is 0 Å². The minimum absolute atomic E-state index is 0.0104. The number of primary amides is 1. The highest BCUT2D eigenvalue weighted by Gasteiger charge is 2.21. The molecule has 7 heteroatoms. The van der Waals surface area contributed by atoms with Gasteiger partial charge in [0, 0.05) is 6.20 Å². The largest absolute Gasteiger partial charge is 0.493 e. The highest BCUT2D eigenvalue weighted by Crippen LogP contribution is 2.35. The Morgan fingerprint density at radius 2 is 2.27 bits per heavy atom. The van der Waals surface area contributed by atoms with E-state index >= 15 is 0 Å². The van der Waals surface area contributed by atoms with Gasteiger partial charge >= 0.3 is 0 Å². The van der Waals surface area contributed by atoms with Crippen LogP contribution in [0, 0.1) is 0 Å². The maximum absolute atomic E-state index is 12.4. The van der Waals surface area contributed by atoms with Crippen LogP contribution in [0.15, 0.2) is 10.7 Å². The second-order valence-corrected chi connectivity index (χ2v) is 3.37. The van der Waals surface area contributed by atoms with Gasteiger partial charge in [-0.2, -0.15) is 0 Å². The predicted molar refractivity (Wildman–Crippen MR) is 52.0 cm³/mol. The number of ether oxygens (including phenoxy) is 1. The summed E-state index contributed by atoms with van der Waals surface area (Å²) in [6, 6.07) is 0. The van der Waals surface area contributed by atoms with E-state index in [0.29, 0.717) is 0 Å². The summed E-state index contributed by atoms with van der Waals surface area (Å²) in [7, 11) is 1.24. The average Bonchev–Trinajstić information content (AvgIpc) is 2.16. The topological polar surface area (TPSA) is 65.2 Å². The van der Waals surface area contributed by atoms with Crippen molar-refractivity contribution in [2.45, 2.75) is 6.43 Å². The zero-order valence-corrected chi connectivity index (χ0v) is 9.22. The Morgan fingerprint density at radius 1 is 1.67 bits per heavy atom. The van der Waals surface area contributed by atoms with Crippen LogP contribution in [-0.4, -0.2) is 18.0 Å². The number of hydrogen-bond donors (Lipinski definition) is 1. The van der Waals surface area contributed by atoms with Gasteiger partial charge in [0.25, 0.3) is 12.3 Å². The van der Waals surface area contributed by atoms with Crippen molar-refractivity contribution in [3.05, 3.63) is 21.9 Å². The molecule has 0 unspecified atom stereocenters. The van der Waals surface area contributed by atoms with Crippen molar-refractivity contribution in [2.24, 2.45) is 5.73 Å². The Balaban J connectivity index is 3.39. The van der Waals surface area contributed by atoms with Crippen LogP contribution in [0.25, 0.3) is 0 Å². The van der Waals surface area contributed by atoms with E-state index in [1.165, 1.54) is 7.11 Å². The summed E-state index contributed by atoms with van der Waals surface area (Å²) < 4.78 is 29.6. The van der Waals surface area contributed by atoms with Crippen LogP contribution in [0.3, 0.4) is 0 Å². The van der Waals surface area contributed by atoms with Crippen molar-refractivity contribution in [1.29, 1.82) is 0 Å². The number of carbonyl (C=O) groups is 1. The van der Waals surface area contributed by atoms with Gasteiger partial charge in [-0.05, 0) is 15.9 Å². The molecule has 0 saturated carbocycles. The van der Waals surface area contributed by atoms with Crippen molar-refractivity contribution in [2.75, 3.05) is 7.11 Å². The van der Waals surface area contributed by atoms with Crippen molar-refractivity contribution < 1.29 is 18.3 Å². The second kappa shape index (κ2) is 4.52. The summed E-state index contributed by atoms with van der Waals surface area (Å²) in [5.74, 6) is -0.923. The van der Waals surface area contributed by atoms with Gasteiger partial charge < -0.3 is 10.5 Å². The second-order valence-electron chi connectivity index (χ2n) is 2.57. The fraction of sp³-hybridized carbons (Fsp3) is 0.250. The minimum Gasteiger partial charge on any atom is -0.493 e. The highest BCUT2D eigenvalue weighted by molar-refractivity contribution is 9.10. The lowest BCUT2D eigenvalue weighted by Gasteiger charge is -2.10. The first-order chi connectivity index (χ1) is 6.99. The Hall–Kier alpha value is -1.24. The third-order valence-corrected chi connectivity index (χ3v) is 2.49. The van der Waals surface area contributed by atoms with E-state index in [0.717, 1.165) is 6.20 Å². The Morgan fingerprint density at radius 3 is 2.67 bits per heavy atom. The van der Waals surface area contributed by atoms with Gasteiger partial charge in [-0.15, -0.1) is 0 Å². The number of nitrogens with two attached hydrogens (primary N) is 1. The van der Waals surface area contributed by atoms with Crippen molar-refractivity contribution >= 4 is 21.8 Å². The number of pyridine rings is 1. The monoisotopic (exact) mass is 280 g/mol. The molecule has 0 aliphatic carbocycles. The Bertz CT molecular complexity index is 398. The summed E-state index contributed by atoms with van der Waals surface area (Å²) in [6.07, 6.45) is -1.82. The van der Waals surface area contributed by atoms with Crippen molar-refractivity contribution in [3.8, 4) is 5.75 Å². The molecule has 1 aromatic heterocycles. The van der Waals surface area contributed by atoms with Crippen LogP contribution >= 0.6 is 15.9 Å². The molecule has 2 N–H and O–H groups in total. The molecule has 0 atom stereocenters. The summed E-state index contributed by atoms with van der Waals surface area (Å²) in [6.45, 7) is 0. The normalized spacial score (nSPS) is 10.5. The van der Waals surface area contributed by atoms with Gasteiger partial charge in [-0.25, -0.2) is 13.8 Å². The molecule has 0 fully saturated rings. The first-order valence-electron chi connectivity index (χ1n) is 3.79. The van der Waals surface area contributed by atoms with E-state index in [1.807, 2.05) is 0 Å². The number of carbonyl (C=O) groups excluding carboxylic acids is 1. The zero-order valence-electron chi connectivity index (χ0n) is 7.63. The molecule has 0 aliphatic heterocycles. The first kappa shape index (κ1) is 11.8. The molecule has 15 heavy (non-hydrogen) atoms. The van der Waals surface area contributed by atoms with Crippen LogP contribution in [0.4, 0.5) is 8.78 Å². The number of hydrogen-bond acceptors (Lipinski definition) is 3. The lowest BCUT2D eigenvalue weighted by atomic mass is 10.2. The van der Waals surface area contributed by atoms with E-state index in [1.54, 1.807) is 0 Å². The smallest absolute Gasteiger partial charge is 0.271 e. The van der Waals surface area contributed by atoms with Gasteiger partial charge in [0.2, 0.25) is 0 Å². The number of nitrogens with zero attached hydrogens (tertiary/aromatic N) is 1. The van der Waals surface area contributed by atoms with Crippen LogP contribution < -0.4 is 10.5 Å². The van der Waals surface area contributed by atoms with E-state index in [4.69, 9.17) is 10.5 Å². The maximum atomic E-state index is 12.4. The zero-order chi connectivity index (χ0) is 11.6. The maximum Gasteiger partial charge on any atom is 0.271 e. The molecule has 1 heterocycles. The SMILES string of the molecule is COc1c(C(N)=O)ncc(C(F)F)c1Br. The molecule has 0 radical (unpaired) electrons. The highest BCUT2D eigenvalue weighted by atomic mass is 79.9. The Kier molecular flexibility index (Phi) is 3.57. The fourth-order valence-corrected chi connectivity index (χ4v) is 1.62. The lowest BCUT2D eigenvalue weighted by molar-refractivity contribution is 0.0991. The first-order valence-corrected chi connectivity index (χ1v) is 4.58. The van der Waals surface area contributed by atoms with Crippen LogP contribution in [0.1, 0.15) is 22.5 Å². The summed E-state index contributed by atoms with van der Waals surface area (Å²) in [5, 5.41) is 0. The molecule has 1 aromatic rings. The van der Waals surface area contributed by atoms with Gasteiger partial charge in [-0.3, -0.25) is 4.79 Å². The van der Waals surface area contributed by atoms with Gasteiger partial charge in [0.15, 0.2) is 11.4 Å². The molecule has 0 bridgehead atoms. The summed E-state index contributed by atoms with van der Waals surface area (Å²) in [5.41, 5.74) is 4.46. The molecule has 1 rings (SSSR count). The standard InChI is InChI=1S/C8H7BrF2N2O2/c1-15-6-4(9)3(7(10)11)2-13-5(6)8(12)14/h2,7H,1H3,(H2,12,14). The van der Waals surface area contributed by atoms with Crippen LogP contribution in [-0.2, 0) is 0 Å². The third-order valence-electron chi connectivity index (χ3n) is 1.67. The van der Waals surface area contributed by atoms with Crippen molar-refractivity contribution in [3.63, 3.8) is 0 Å². The molecule has 0 aliphatic rings. The number of methoxy groups -OCH3 is 1. The number of halogens is 3. The Labute approximate surface area is 92.6 Å². The molecule has 82 valence electrons. The fourth-order valence-electron chi connectivity index (χ4n) is 0.998. The third kappa shape index (κ3) is 2.23. The minimum atomic E-state index is -2.71. The summed E-state index contributed by atoms with van der Waals surface area (Å²) in [4.78, 5) is 14.4. The number of rotatable bonds is 3. The molecular formula is C8H7BrF2N2O2. The van der Waals surface area contributed by atoms with E-state index < -0.39 is 12.3 Å². The van der Waals surface area contributed by atoms with Crippen molar-refractivity contribution in [1.82, 2.24) is 4.98 Å². The van der Waals surface area contributed by atoms with Crippen LogP contribution in [0.2, 0.25) is 0 Å². The quantitative estimate of drug-likeness (QED) is 0.920. The molecule has 0 saturated heterocycles. The lowest BCUT2D eigenvalue weighted by Crippen LogP contribution is -2.15. The molecule has 4 nitrogen and oxygen atoms in total. The molecule has 0 aromatic carbocycles. The number of alkyl halides is 2. The van der Waals surface area contributed by atoms with Gasteiger partial charge in [-0.1, -0.05) is 0 Å². The van der Waals surface area contributed by atoms with Crippen LogP contribution in [0.5, 0.6) is 5.75 Å². The molecule has 0 spiro atoms. The summed E-state index contributed by atoms with van der Waals surface area (Å²) >= 11 is 2.91. The van der Waals surface area contributed by atoms with Gasteiger partial charge in [0.05, 0.1) is 17.1 Å². The van der Waals surface area contributed by atoms with E-state index in [2.05, 4.69) is 20.9 Å². The average molecular weight is 281 g/mol. The molecule has 1 amide bonds. The van der Waals surface area contributed by atoms with E-state index in [9.17, 15) is 13.6 Å². The number of amides is 1. The molecular weight excluding hydrogens is 274 g/mol. The predicted octanol–water partition coefficient (Wildman–Crippen LogP) is 1.89. The number of aromatic nitrogens is 1. The van der Waals surface area contributed by atoms with E-state index in [-0.39, 0.29) is 21.5 Å².